The van der Waals surface area contributed by atoms with Gasteiger partial charge in [0.05, 0.1) is 0 Å². The lowest BCUT2D eigenvalue weighted by atomic mass is 10.1. The van der Waals surface area contributed by atoms with E-state index in [0.717, 1.165) is 25.5 Å². The Balaban J connectivity index is 1.60. The number of aromatic amines is 1. The third kappa shape index (κ3) is 3.62. The van der Waals surface area contributed by atoms with Crippen molar-refractivity contribution in [1.82, 2.24) is 15.6 Å². The zero-order valence-electron chi connectivity index (χ0n) is 13.4. The van der Waals surface area contributed by atoms with Crippen molar-refractivity contribution in [3.63, 3.8) is 0 Å². The average molecular weight is 298 g/mol. The Morgan fingerprint density at radius 2 is 2.09 bits per heavy atom. The molecule has 0 aliphatic heterocycles. The van der Waals surface area contributed by atoms with E-state index in [-0.39, 0.29) is 0 Å². The van der Waals surface area contributed by atoms with Crippen molar-refractivity contribution >= 4 is 16.9 Å². The number of benzene rings is 1. The van der Waals surface area contributed by atoms with Crippen LogP contribution in [-0.2, 0) is 6.42 Å². The molecule has 1 aliphatic carbocycles. The Labute approximate surface area is 132 Å². The maximum atomic E-state index is 4.74. The van der Waals surface area contributed by atoms with Gasteiger partial charge in [-0.1, -0.05) is 31.0 Å². The summed E-state index contributed by atoms with van der Waals surface area (Å²) in [6.07, 6.45) is 8.29. The van der Waals surface area contributed by atoms with Gasteiger partial charge in [-0.25, -0.2) is 0 Å². The van der Waals surface area contributed by atoms with E-state index in [4.69, 9.17) is 4.99 Å². The summed E-state index contributed by atoms with van der Waals surface area (Å²) in [5.74, 6) is 0.967. The van der Waals surface area contributed by atoms with E-state index in [1.807, 2.05) is 0 Å². The topological polar surface area (TPSA) is 52.2 Å². The molecular weight excluding hydrogens is 272 g/mol. The standard InChI is InChI=1S/C18H26N4/c1-2-19-18(22-15-7-3-4-8-15)20-12-11-14-13-21-17-10-6-5-9-16(14)17/h5-6,9-10,13,15,21H,2-4,7-8,11-12H2,1H3,(H2,19,20,22). The fourth-order valence-electron chi connectivity index (χ4n) is 3.21. The second-order valence-corrected chi connectivity index (χ2v) is 6.00. The number of para-hydroxylation sites is 1. The van der Waals surface area contributed by atoms with Crippen molar-refractivity contribution in [3.05, 3.63) is 36.0 Å². The summed E-state index contributed by atoms with van der Waals surface area (Å²) < 4.78 is 0. The number of rotatable bonds is 5. The van der Waals surface area contributed by atoms with E-state index in [1.54, 1.807) is 0 Å². The van der Waals surface area contributed by atoms with E-state index >= 15 is 0 Å². The highest BCUT2D eigenvalue weighted by atomic mass is 15.2. The molecule has 1 aliphatic rings. The minimum atomic E-state index is 0.603. The summed E-state index contributed by atoms with van der Waals surface area (Å²) in [6.45, 7) is 3.83. The number of fused-ring (bicyclic) bond motifs is 1. The van der Waals surface area contributed by atoms with Crippen LogP contribution < -0.4 is 10.6 Å². The molecule has 4 heteroatoms. The molecule has 4 nitrogen and oxygen atoms in total. The minimum Gasteiger partial charge on any atom is -0.361 e. The van der Waals surface area contributed by atoms with Crippen molar-refractivity contribution in [2.75, 3.05) is 13.1 Å². The summed E-state index contributed by atoms with van der Waals surface area (Å²) in [4.78, 5) is 8.07. The lowest BCUT2D eigenvalue weighted by Gasteiger charge is -2.16. The van der Waals surface area contributed by atoms with Crippen molar-refractivity contribution < 1.29 is 0 Å². The van der Waals surface area contributed by atoms with Gasteiger partial charge in [-0.2, -0.15) is 0 Å². The molecule has 22 heavy (non-hydrogen) atoms. The lowest BCUT2D eigenvalue weighted by molar-refractivity contribution is 0.614. The van der Waals surface area contributed by atoms with Gasteiger partial charge in [0.2, 0.25) is 0 Å². The first kappa shape index (κ1) is 14.9. The van der Waals surface area contributed by atoms with Crippen molar-refractivity contribution in [2.24, 2.45) is 4.99 Å². The summed E-state index contributed by atoms with van der Waals surface area (Å²) >= 11 is 0. The number of guanidine groups is 1. The average Bonchev–Trinajstić information content (AvgIpc) is 3.18. The van der Waals surface area contributed by atoms with E-state index < -0.39 is 0 Å². The van der Waals surface area contributed by atoms with Gasteiger partial charge in [-0.15, -0.1) is 0 Å². The Hall–Kier alpha value is -1.97. The highest BCUT2D eigenvalue weighted by molar-refractivity contribution is 5.83. The maximum Gasteiger partial charge on any atom is 0.191 e. The van der Waals surface area contributed by atoms with Crippen molar-refractivity contribution in [1.29, 1.82) is 0 Å². The van der Waals surface area contributed by atoms with E-state index in [2.05, 4.69) is 53.0 Å². The number of hydrogen-bond donors (Lipinski definition) is 3. The highest BCUT2D eigenvalue weighted by Gasteiger charge is 2.15. The summed E-state index contributed by atoms with van der Waals surface area (Å²) in [5.41, 5.74) is 2.55. The molecule has 0 bridgehead atoms. The Morgan fingerprint density at radius 1 is 1.27 bits per heavy atom. The molecule has 0 spiro atoms. The lowest BCUT2D eigenvalue weighted by Crippen LogP contribution is -2.42. The van der Waals surface area contributed by atoms with Gasteiger partial charge in [0, 0.05) is 36.2 Å². The molecule has 0 amide bonds. The molecule has 118 valence electrons. The number of aromatic nitrogens is 1. The van der Waals surface area contributed by atoms with Gasteiger partial charge in [0.15, 0.2) is 5.96 Å². The Kier molecular flexibility index (Phi) is 4.99. The molecule has 0 saturated heterocycles. The molecule has 3 rings (SSSR count). The summed E-state index contributed by atoms with van der Waals surface area (Å²) in [7, 11) is 0. The number of H-pyrrole nitrogens is 1. The molecule has 2 aromatic rings. The summed E-state index contributed by atoms with van der Waals surface area (Å²) in [5, 5.41) is 8.23. The van der Waals surface area contributed by atoms with Gasteiger partial charge in [-0.05, 0) is 37.8 Å². The monoisotopic (exact) mass is 298 g/mol. The zero-order chi connectivity index (χ0) is 15.2. The largest absolute Gasteiger partial charge is 0.361 e. The third-order valence-electron chi connectivity index (χ3n) is 4.37. The first-order valence-corrected chi connectivity index (χ1v) is 8.46. The van der Waals surface area contributed by atoms with Crippen LogP contribution in [0.3, 0.4) is 0 Å². The van der Waals surface area contributed by atoms with Crippen LogP contribution >= 0.6 is 0 Å². The first-order valence-electron chi connectivity index (χ1n) is 8.46. The maximum absolute atomic E-state index is 4.74. The second kappa shape index (κ2) is 7.34. The highest BCUT2D eigenvalue weighted by Crippen LogP contribution is 2.18. The fraction of sp³-hybridized carbons (Fsp3) is 0.500. The molecule has 1 fully saturated rings. The van der Waals surface area contributed by atoms with E-state index in [9.17, 15) is 0 Å². The molecule has 0 unspecified atom stereocenters. The molecule has 0 radical (unpaired) electrons. The molecule has 1 saturated carbocycles. The minimum absolute atomic E-state index is 0.603. The van der Waals surface area contributed by atoms with Gasteiger partial charge >= 0.3 is 0 Å². The SMILES string of the molecule is CCNC(=NCCc1c[nH]c2ccccc12)NC1CCCC1. The van der Waals surface area contributed by atoms with Crippen LogP contribution in [0.1, 0.15) is 38.2 Å². The molecule has 1 aromatic carbocycles. The normalized spacial score (nSPS) is 16.3. The molecule has 0 atom stereocenters. The number of aliphatic imine (C=N–C) groups is 1. The van der Waals surface area contributed by atoms with Gasteiger partial charge in [0.25, 0.3) is 0 Å². The molecule has 1 heterocycles. The predicted molar refractivity (Wildman–Crippen MR) is 93.4 cm³/mol. The van der Waals surface area contributed by atoms with Crippen LogP contribution in [0.5, 0.6) is 0 Å². The smallest absolute Gasteiger partial charge is 0.191 e. The zero-order valence-corrected chi connectivity index (χ0v) is 13.4. The fourth-order valence-corrected chi connectivity index (χ4v) is 3.21. The number of nitrogens with one attached hydrogen (secondary N) is 3. The Morgan fingerprint density at radius 3 is 2.91 bits per heavy atom. The Bertz CT molecular complexity index is 623. The van der Waals surface area contributed by atoms with Gasteiger partial charge in [-0.3, -0.25) is 4.99 Å². The van der Waals surface area contributed by atoms with Crippen LogP contribution in [0, 0.1) is 0 Å². The van der Waals surface area contributed by atoms with E-state index in [0.29, 0.717) is 6.04 Å². The number of nitrogens with zero attached hydrogens (tertiary/aromatic N) is 1. The van der Waals surface area contributed by atoms with Crippen molar-refractivity contribution in [2.45, 2.75) is 45.1 Å². The van der Waals surface area contributed by atoms with Crippen LogP contribution in [-0.4, -0.2) is 30.1 Å². The molecule has 3 N–H and O–H groups in total. The van der Waals surface area contributed by atoms with Crippen LogP contribution in [0.2, 0.25) is 0 Å². The molecular formula is C18H26N4. The first-order chi connectivity index (χ1) is 10.9. The second-order valence-electron chi connectivity index (χ2n) is 6.00. The van der Waals surface area contributed by atoms with Crippen LogP contribution in [0.25, 0.3) is 10.9 Å². The van der Waals surface area contributed by atoms with Gasteiger partial charge in [0.1, 0.15) is 0 Å². The molecule has 1 aromatic heterocycles. The number of hydrogen-bond acceptors (Lipinski definition) is 1. The van der Waals surface area contributed by atoms with Crippen LogP contribution in [0.4, 0.5) is 0 Å². The predicted octanol–water partition coefficient (Wildman–Crippen LogP) is 3.21. The van der Waals surface area contributed by atoms with Crippen molar-refractivity contribution in [3.8, 4) is 0 Å². The van der Waals surface area contributed by atoms with E-state index in [1.165, 1.54) is 42.1 Å². The van der Waals surface area contributed by atoms with Gasteiger partial charge < -0.3 is 15.6 Å². The summed E-state index contributed by atoms with van der Waals surface area (Å²) in [6, 6.07) is 9.05. The third-order valence-corrected chi connectivity index (χ3v) is 4.37. The van der Waals surface area contributed by atoms with Crippen LogP contribution in [0.15, 0.2) is 35.5 Å². The quantitative estimate of drug-likeness (QED) is 0.586.